The Hall–Kier alpha value is -0.920. The molecule has 7 heavy (non-hydrogen) atoms. The topological polar surface area (TPSA) is 34.1 Å². The first kappa shape index (κ1) is 9.43. The summed E-state index contributed by atoms with van der Waals surface area (Å²) in [5, 5.41) is 0. The quantitative estimate of drug-likeness (QED) is 0.356. The molecular weight excluding hydrogens is 92.1 g/mol. The van der Waals surface area contributed by atoms with Crippen LogP contribution in [0.4, 0.5) is 0 Å². The van der Waals surface area contributed by atoms with Gasteiger partial charge in [-0.05, 0) is 12.5 Å². The van der Waals surface area contributed by atoms with E-state index in [4.69, 9.17) is 4.79 Å². The van der Waals surface area contributed by atoms with Crippen LogP contribution in [0.15, 0.2) is 12.2 Å². The minimum absolute atomic E-state index is 0.574. The molecular formula is C5H8O2. The summed E-state index contributed by atoms with van der Waals surface area (Å²) in [6.45, 7) is 6.97. The molecule has 0 aliphatic rings. The Labute approximate surface area is 42.8 Å². The molecule has 0 aliphatic carbocycles. The third-order valence-electron chi connectivity index (χ3n) is 0.201. The Kier molecular flexibility index (Phi) is 12.0. The minimum Gasteiger partial charge on any atom is -0.307 e. The first-order valence-corrected chi connectivity index (χ1v) is 1.67. The van der Waals surface area contributed by atoms with Crippen LogP contribution in [-0.2, 0) is 9.59 Å². The molecule has 0 atom stereocenters. The van der Waals surface area contributed by atoms with Crippen molar-refractivity contribution in [1.29, 1.82) is 0 Å². The molecule has 0 amide bonds. The third-order valence-corrected chi connectivity index (χ3v) is 0.201. The number of aldehydes is 1. The second-order valence-electron chi connectivity index (χ2n) is 0.964. The van der Waals surface area contributed by atoms with Crippen molar-refractivity contribution in [3.05, 3.63) is 12.2 Å². The smallest absolute Gasteiger partial charge is 0.145 e. The first-order valence-electron chi connectivity index (χ1n) is 1.67. The molecule has 0 N–H and O–H groups in total. The standard InChI is InChI=1S/C4H6O.CH2O/c1-4(2)3-5;1-2/h3H,1H2,2H3;1H2. The summed E-state index contributed by atoms with van der Waals surface area (Å²) < 4.78 is 0. The van der Waals surface area contributed by atoms with Crippen molar-refractivity contribution in [2.45, 2.75) is 6.92 Å². The molecule has 2 nitrogen and oxygen atoms in total. The van der Waals surface area contributed by atoms with E-state index >= 15 is 0 Å². The van der Waals surface area contributed by atoms with E-state index in [1.807, 2.05) is 6.79 Å². The van der Waals surface area contributed by atoms with E-state index in [0.717, 1.165) is 6.29 Å². The van der Waals surface area contributed by atoms with Crippen molar-refractivity contribution in [3.63, 3.8) is 0 Å². The van der Waals surface area contributed by atoms with E-state index in [2.05, 4.69) is 6.58 Å². The lowest BCUT2D eigenvalue weighted by Crippen LogP contribution is -1.65. The van der Waals surface area contributed by atoms with Crippen LogP contribution >= 0.6 is 0 Å². The van der Waals surface area contributed by atoms with Gasteiger partial charge in [-0.3, -0.25) is 4.79 Å². The molecule has 0 aromatic heterocycles. The SMILES string of the molecule is C=C(C)C=O.C=O. The Bertz CT molecular complexity index is 66.5. The van der Waals surface area contributed by atoms with Gasteiger partial charge in [0, 0.05) is 0 Å². The number of allylic oxidation sites excluding steroid dienone is 1. The summed E-state index contributed by atoms with van der Waals surface area (Å²) in [4.78, 5) is 17.4. The maximum absolute atomic E-state index is 9.41. The second-order valence-corrected chi connectivity index (χ2v) is 0.964. The van der Waals surface area contributed by atoms with Gasteiger partial charge in [0.25, 0.3) is 0 Å². The number of hydrogen-bond donors (Lipinski definition) is 0. The van der Waals surface area contributed by atoms with Crippen molar-refractivity contribution in [2.75, 3.05) is 0 Å². The van der Waals surface area contributed by atoms with E-state index in [1.165, 1.54) is 0 Å². The summed E-state index contributed by atoms with van der Waals surface area (Å²) in [6, 6.07) is 0. The fraction of sp³-hybridized carbons (Fsp3) is 0.200. The highest BCUT2D eigenvalue weighted by molar-refractivity contribution is 5.70. The Morgan fingerprint density at radius 1 is 1.57 bits per heavy atom. The van der Waals surface area contributed by atoms with E-state index in [1.54, 1.807) is 6.92 Å². The zero-order valence-corrected chi connectivity index (χ0v) is 4.31. The van der Waals surface area contributed by atoms with Crippen LogP contribution in [0.3, 0.4) is 0 Å². The zero-order chi connectivity index (χ0) is 6.28. The van der Waals surface area contributed by atoms with Crippen LogP contribution in [0, 0.1) is 0 Å². The Morgan fingerprint density at radius 3 is 1.71 bits per heavy atom. The summed E-state index contributed by atoms with van der Waals surface area (Å²) >= 11 is 0. The second kappa shape index (κ2) is 8.91. The molecule has 0 saturated heterocycles. The van der Waals surface area contributed by atoms with Crippen LogP contribution < -0.4 is 0 Å². The predicted molar refractivity (Wildman–Crippen MR) is 28.0 cm³/mol. The molecule has 0 aliphatic heterocycles. The molecule has 0 unspecified atom stereocenters. The van der Waals surface area contributed by atoms with Crippen molar-refractivity contribution in [1.82, 2.24) is 0 Å². The van der Waals surface area contributed by atoms with Gasteiger partial charge in [-0.25, -0.2) is 0 Å². The van der Waals surface area contributed by atoms with Gasteiger partial charge in [0.2, 0.25) is 0 Å². The highest BCUT2D eigenvalue weighted by Gasteiger charge is 1.66. The fourth-order valence-corrected chi connectivity index (χ4v) is 0. The normalized spacial score (nSPS) is 5.29. The largest absolute Gasteiger partial charge is 0.307 e. The summed E-state index contributed by atoms with van der Waals surface area (Å²) in [5.41, 5.74) is 0.574. The molecule has 0 aromatic rings. The lowest BCUT2D eigenvalue weighted by Gasteiger charge is -1.65. The van der Waals surface area contributed by atoms with Crippen molar-refractivity contribution < 1.29 is 9.59 Å². The van der Waals surface area contributed by atoms with Crippen LogP contribution in [-0.4, -0.2) is 13.1 Å². The van der Waals surface area contributed by atoms with E-state index < -0.39 is 0 Å². The molecule has 0 bridgehead atoms. The molecule has 0 rings (SSSR count). The van der Waals surface area contributed by atoms with Gasteiger partial charge in [-0.2, -0.15) is 0 Å². The van der Waals surface area contributed by atoms with Gasteiger partial charge in [0.15, 0.2) is 0 Å². The van der Waals surface area contributed by atoms with Gasteiger partial charge in [0.05, 0.1) is 0 Å². The van der Waals surface area contributed by atoms with Gasteiger partial charge in [-0.15, -0.1) is 0 Å². The number of carbonyl (C=O) groups is 2. The number of rotatable bonds is 1. The molecule has 0 radical (unpaired) electrons. The van der Waals surface area contributed by atoms with Gasteiger partial charge in [0.1, 0.15) is 13.1 Å². The van der Waals surface area contributed by atoms with Gasteiger partial charge >= 0.3 is 0 Å². The van der Waals surface area contributed by atoms with Crippen molar-refractivity contribution in [3.8, 4) is 0 Å². The third kappa shape index (κ3) is 41.3. The lowest BCUT2D eigenvalue weighted by atomic mass is 10.4. The lowest BCUT2D eigenvalue weighted by molar-refractivity contribution is -0.104. The molecule has 0 aromatic carbocycles. The molecule has 0 saturated carbocycles. The first-order chi connectivity index (χ1) is 3.27. The van der Waals surface area contributed by atoms with Gasteiger partial charge < -0.3 is 4.79 Å². The maximum atomic E-state index is 9.41. The minimum atomic E-state index is 0.574. The Morgan fingerprint density at radius 2 is 1.71 bits per heavy atom. The van der Waals surface area contributed by atoms with E-state index in [0.29, 0.717) is 5.57 Å². The molecule has 0 fully saturated rings. The molecule has 40 valence electrons. The summed E-state index contributed by atoms with van der Waals surface area (Å²) in [6.07, 6.45) is 0.722. The average molecular weight is 100 g/mol. The monoisotopic (exact) mass is 100 g/mol. The average Bonchev–Trinajstić information content (AvgIpc) is 1.73. The predicted octanol–water partition coefficient (Wildman–Crippen LogP) is 0.577. The zero-order valence-electron chi connectivity index (χ0n) is 4.31. The maximum Gasteiger partial charge on any atom is 0.145 e. The van der Waals surface area contributed by atoms with E-state index in [9.17, 15) is 4.79 Å². The number of carbonyl (C=O) groups excluding carboxylic acids is 2. The summed E-state index contributed by atoms with van der Waals surface area (Å²) in [7, 11) is 0. The Balaban J connectivity index is 0. The molecule has 0 spiro atoms. The fourth-order valence-electron chi connectivity index (χ4n) is 0. The highest BCUT2D eigenvalue weighted by atomic mass is 16.1. The van der Waals surface area contributed by atoms with Crippen LogP contribution in [0.25, 0.3) is 0 Å². The summed E-state index contributed by atoms with van der Waals surface area (Å²) in [5.74, 6) is 0. The van der Waals surface area contributed by atoms with Gasteiger partial charge in [-0.1, -0.05) is 6.58 Å². The van der Waals surface area contributed by atoms with Crippen molar-refractivity contribution in [2.24, 2.45) is 0 Å². The molecule has 0 heterocycles. The molecule has 2 heteroatoms. The van der Waals surface area contributed by atoms with Crippen LogP contribution in [0.1, 0.15) is 6.92 Å². The van der Waals surface area contributed by atoms with Crippen molar-refractivity contribution >= 4 is 13.1 Å². The van der Waals surface area contributed by atoms with Crippen LogP contribution in [0.2, 0.25) is 0 Å². The van der Waals surface area contributed by atoms with Crippen LogP contribution in [0.5, 0.6) is 0 Å². The number of hydrogen-bond acceptors (Lipinski definition) is 2. The van der Waals surface area contributed by atoms with E-state index in [-0.39, 0.29) is 0 Å². The highest BCUT2D eigenvalue weighted by Crippen LogP contribution is 1.70.